The smallest absolute Gasteiger partial charge is 0.275 e. The third-order valence-electron chi connectivity index (χ3n) is 2.71. The van der Waals surface area contributed by atoms with Crippen LogP contribution in [0.4, 0.5) is 0 Å². The van der Waals surface area contributed by atoms with Gasteiger partial charge >= 0.3 is 0 Å². The molecule has 0 bridgehead atoms. The summed E-state index contributed by atoms with van der Waals surface area (Å²) < 4.78 is 5.21. The van der Waals surface area contributed by atoms with Crippen molar-refractivity contribution < 1.29 is 9.84 Å². The molecule has 1 aromatic heterocycles. The van der Waals surface area contributed by atoms with Crippen LogP contribution in [0.1, 0.15) is 12.5 Å². The van der Waals surface area contributed by atoms with Crippen LogP contribution in [0.25, 0.3) is 11.1 Å². The highest BCUT2D eigenvalue weighted by atomic mass is 16.5. The number of H-pyrrole nitrogens is 2. The normalized spacial score (nSPS) is 10.5. The number of nitrogens with one attached hydrogen (secondary N) is 2. The van der Waals surface area contributed by atoms with Gasteiger partial charge in [-0.25, -0.2) is 0 Å². The van der Waals surface area contributed by atoms with Gasteiger partial charge in [-0.1, -0.05) is 13.0 Å². The molecule has 0 spiro atoms. The first kappa shape index (κ1) is 11.3. The Morgan fingerprint density at radius 1 is 1.35 bits per heavy atom. The number of ether oxygens (including phenoxy) is 1. The summed E-state index contributed by atoms with van der Waals surface area (Å²) in [6.07, 6.45) is 0.792. The van der Waals surface area contributed by atoms with Crippen molar-refractivity contribution in [3.05, 3.63) is 34.1 Å². The second-order valence-corrected chi connectivity index (χ2v) is 3.68. The van der Waals surface area contributed by atoms with E-state index in [9.17, 15) is 9.90 Å². The number of benzene rings is 1. The third kappa shape index (κ3) is 1.91. The van der Waals surface area contributed by atoms with Crippen molar-refractivity contribution in [2.45, 2.75) is 13.3 Å². The van der Waals surface area contributed by atoms with E-state index < -0.39 is 0 Å². The van der Waals surface area contributed by atoms with Gasteiger partial charge in [-0.15, -0.1) is 0 Å². The maximum Gasteiger partial charge on any atom is 0.275 e. The minimum atomic E-state index is -0.338. The standard InChI is InChI=1S/C12H14N2O3/c1-3-7-6-8(4-5-9(7)17-2)10-11(15)13-14-12(10)16/h4-6H,3H2,1-2H3,(H3,13,14,15,16). The number of hydrogen-bond acceptors (Lipinski definition) is 3. The van der Waals surface area contributed by atoms with Crippen molar-refractivity contribution in [2.24, 2.45) is 0 Å². The Balaban J connectivity index is 2.58. The van der Waals surface area contributed by atoms with Crippen molar-refractivity contribution in [1.82, 2.24) is 10.2 Å². The molecule has 3 N–H and O–H groups in total. The zero-order valence-corrected chi connectivity index (χ0v) is 9.70. The lowest BCUT2D eigenvalue weighted by Gasteiger charge is -2.08. The molecule has 0 aliphatic heterocycles. The number of aromatic nitrogens is 2. The topological polar surface area (TPSA) is 78.1 Å². The average Bonchev–Trinajstić information content (AvgIpc) is 2.68. The summed E-state index contributed by atoms with van der Waals surface area (Å²) in [5.41, 5.74) is 1.57. The van der Waals surface area contributed by atoms with Crippen LogP contribution in [0, 0.1) is 0 Å². The van der Waals surface area contributed by atoms with Crippen LogP contribution in [0.5, 0.6) is 11.6 Å². The highest BCUT2D eigenvalue weighted by Gasteiger charge is 2.13. The summed E-state index contributed by atoms with van der Waals surface area (Å²) in [5, 5.41) is 14.3. The van der Waals surface area contributed by atoms with Crippen LogP contribution in [0.2, 0.25) is 0 Å². The lowest BCUT2D eigenvalue weighted by molar-refractivity contribution is 0.410. The molecule has 0 saturated heterocycles. The van der Waals surface area contributed by atoms with E-state index in [0.29, 0.717) is 5.56 Å². The molecule has 0 aliphatic rings. The Morgan fingerprint density at radius 2 is 2.12 bits per heavy atom. The SMILES string of the molecule is CCc1cc(-c2c(O)[nH][nH]c2=O)ccc1OC. The second kappa shape index (κ2) is 4.37. The Hall–Kier alpha value is -2.17. The molecule has 17 heavy (non-hydrogen) atoms. The summed E-state index contributed by atoms with van der Waals surface area (Å²) in [6, 6.07) is 5.38. The Labute approximate surface area is 98.0 Å². The molecule has 2 aromatic rings. The van der Waals surface area contributed by atoms with Gasteiger partial charge in [0.15, 0.2) is 0 Å². The van der Waals surface area contributed by atoms with E-state index in [2.05, 4.69) is 10.2 Å². The largest absolute Gasteiger partial charge is 0.496 e. The first-order valence-electron chi connectivity index (χ1n) is 5.34. The molecule has 5 nitrogen and oxygen atoms in total. The molecule has 1 heterocycles. The van der Waals surface area contributed by atoms with Crippen LogP contribution >= 0.6 is 0 Å². The fraction of sp³-hybridized carbons (Fsp3) is 0.250. The van der Waals surface area contributed by atoms with Crippen molar-refractivity contribution in [3.8, 4) is 22.8 Å². The van der Waals surface area contributed by atoms with E-state index in [4.69, 9.17) is 4.74 Å². The fourth-order valence-corrected chi connectivity index (χ4v) is 1.83. The molecule has 0 radical (unpaired) electrons. The second-order valence-electron chi connectivity index (χ2n) is 3.68. The number of aromatic hydroxyl groups is 1. The van der Waals surface area contributed by atoms with Gasteiger partial charge in [0, 0.05) is 0 Å². The molecule has 0 unspecified atom stereocenters. The molecule has 0 fully saturated rings. The first-order chi connectivity index (χ1) is 8.17. The lowest BCUT2D eigenvalue weighted by Crippen LogP contribution is -2.02. The first-order valence-corrected chi connectivity index (χ1v) is 5.34. The summed E-state index contributed by atoms with van der Waals surface area (Å²) in [6.45, 7) is 2.00. The number of aryl methyl sites for hydroxylation is 1. The predicted molar refractivity (Wildman–Crippen MR) is 64.4 cm³/mol. The van der Waals surface area contributed by atoms with Gasteiger partial charge in [-0.3, -0.25) is 15.0 Å². The van der Waals surface area contributed by atoms with Crippen LogP contribution in [0.3, 0.4) is 0 Å². The maximum absolute atomic E-state index is 11.5. The van der Waals surface area contributed by atoms with Gasteiger partial charge in [-0.2, -0.15) is 0 Å². The zero-order valence-electron chi connectivity index (χ0n) is 9.70. The minimum Gasteiger partial charge on any atom is -0.496 e. The Bertz CT molecular complexity index is 584. The quantitative estimate of drug-likeness (QED) is 0.755. The molecular formula is C12H14N2O3. The van der Waals surface area contributed by atoms with E-state index in [1.807, 2.05) is 13.0 Å². The van der Waals surface area contributed by atoms with Gasteiger partial charge in [-0.05, 0) is 29.7 Å². The number of aromatic amines is 2. The van der Waals surface area contributed by atoms with E-state index >= 15 is 0 Å². The van der Waals surface area contributed by atoms with Crippen molar-refractivity contribution in [1.29, 1.82) is 0 Å². The molecule has 5 heteroatoms. The highest BCUT2D eigenvalue weighted by Crippen LogP contribution is 2.28. The van der Waals surface area contributed by atoms with E-state index in [-0.39, 0.29) is 17.0 Å². The summed E-state index contributed by atoms with van der Waals surface area (Å²) in [7, 11) is 1.61. The summed E-state index contributed by atoms with van der Waals surface area (Å²) in [4.78, 5) is 11.5. The van der Waals surface area contributed by atoms with Gasteiger partial charge < -0.3 is 9.84 Å². The average molecular weight is 234 g/mol. The molecule has 0 saturated carbocycles. The van der Waals surface area contributed by atoms with Crippen LogP contribution < -0.4 is 10.3 Å². The predicted octanol–water partition coefficient (Wildman–Crippen LogP) is 1.65. The Kier molecular flexibility index (Phi) is 2.91. The minimum absolute atomic E-state index is 0.151. The maximum atomic E-state index is 11.5. The molecule has 0 amide bonds. The van der Waals surface area contributed by atoms with Crippen LogP contribution in [-0.2, 0) is 6.42 Å². The Morgan fingerprint density at radius 3 is 2.65 bits per heavy atom. The highest BCUT2D eigenvalue weighted by molar-refractivity contribution is 5.69. The van der Waals surface area contributed by atoms with E-state index in [1.54, 1.807) is 19.2 Å². The molecule has 0 aliphatic carbocycles. The van der Waals surface area contributed by atoms with Crippen molar-refractivity contribution in [2.75, 3.05) is 7.11 Å². The fourth-order valence-electron chi connectivity index (χ4n) is 1.83. The van der Waals surface area contributed by atoms with Crippen molar-refractivity contribution >= 4 is 0 Å². The lowest BCUT2D eigenvalue weighted by atomic mass is 10.0. The van der Waals surface area contributed by atoms with Gasteiger partial charge in [0.05, 0.1) is 7.11 Å². The number of rotatable bonds is 3. The van der Waals surface area contributed by atoms with E-state index in [1.165, 1.54) is 0 Å². The molecule has 2 rings (SSSR count). The van der Waals surface area contributed by atoms with Gasteiger partial charge in [0.2, 0.25) is 5.88 Å². The zero-order chi connectivity index (χ0) is 12.4. The third-order valence-corrected chi connectivity index (χ3v) is 2.71. The summed E-state index contributed by atoms with van der Waals surface area (Å²) >= 11 is 0. The van der Waals surface area contributed by atoms with Crippen LogP contribution in [0.15, 0.2) is 23.0 Å². The molecule has 1 aromatic carbocycles. The number of methoxy groups -OCH3 is 1. The molecule has 0 atom stereocenters. The monoisotopic (exact) mass is 234 g/mol. The van der Waals surface area contributed by atoms with Gasteiger partial charge in [0.25, 0.3) is 5.56 Å². The molecule has 90 valence electrons. The number of hydrogen-bond donors (Lipinski definition) is 3. The summed E-state index contributed by atoms with van der Waals surface area (Å²) in [5.74, 6) is 0.630. The molecular weight excluding hydrogens is 220 g/mol. The van der Waals surface area contributed by atoms with E-state index in [0.717, 1.165) is 17.7 Å². The van der Waals surface area contributed by atoms with Crippen molar-refractivity contribution in [3.63, 3.8) is 0 Å². The van der Waals surface area contributed by atoms with Gasteiger partial charge in [0.1, 0.15) is 11.3 Å². The van der Waals surface area contributed by atoms with Crippen LogP contribution in [-0.4, -0.2) is 22.4 Å².